The summed E-state index contributed by atoms with van der Waals surface area (Å²) in [5, 5.41) is 0. The molecule has 0 saturated carbocycles. The van der Waals surface area contributed by atoms with Crippen LogP contribution in [-0.4, -0.2) is 36.8 Å². The molecule has 7 heteroatoms. The minimum atomic E-state index is -3.12. The van der Waals surface area contributed by atoms with Crippen molar-refractivity contribution in [3.05, 3.63) is 69.9 Å². The molecule has 0 aromatic heterocycles. The summed E-state index contributed by atoms with van der Waals surface area (Å²) >= 11 is 3.33. The smallest absolute Gasteiger partial charge is 0.254 e. The predicted octanol–water partition coefficient (Wildman–Crippen LogP) is 3.42. The third-order valence-corrected chi connectivity index (χ3v) is 6.55. The molecular weight excluding hydrogens is 409 g/mol. The van der Waals surface area contributed by atoms with Crippen LogP contribution in [0.2, 0.25) is 0 Å². The van der Waals surface area contributed by atoms with Crippen LogP contribution in [-0.2, 0) is 16.4 Å². The number of carbonyl (C=O) groups excluding carboxylic acids is 1. The molecule has 2 aromatic rings. The Labute approximate surface area is 154 Å². The van der Waals surface area contributed by atoms with Crippen molar-refractivity contribution in [2.45, 2.75) is 19.0 Å². The fourth-order valence-electron chi connectivity index (χ4n) is 2.93. The largest absolute Gasteiger partial charge is 0.330 e. The summed E-state index contributed by atoms with van der Waals surface area (Å²) in [5.74, 6) is -0.515. The summed E-state index contributed by atoms with van der Waals surface area (Å²) in [6.07, 6.45) is 0.422. The van der Waals surface area contributed by atoms with Crippen LogP contribution in [0.5, 0.6) is 0 Å². The van der Waals surface area contributed by atoms with Gasteiger partial charge in [0, 0.05) is 22.6 Å². The zero-order valence-corrected chi connectivity index (χ0v) is 15.8. The molecule has 25 heavy (non-hydrogen) atoms. The predicted molar refractivity (Wildman–Crippen MR) is 97.5 cm³/mol. The Bertz CT molecular complexity index is 866. The molecule has 1 amide bonds. The second-order valence-corrected chi connectivity index (χ2v) is 9.27. The summed E-state index contributed by atoms with van der Waals surface area (Å²) in [6.45, 7) is 0.245. The number of rotatable bonds is 4. The fourth-order valence-corrected chi connectivity index (χ4v) is 4.93. The van der Waals surface area contributed by atoms with E-state index in [-0.39, 0.29) is 35.8 Å². The van der Waals surface area contributed by atoms with Crippen molar-refractivity contribution in [2.24, 2.45) is 0 Å². The molecule has 1 heterocycles. The molecule has 2 aromatic carbocycles. The van der Waals surface area contributed by atoms with Crippen molar-refractivity contribution in [1.82, 2.24) is 4.90 Å². The van der Waals surface area contributed by atoms with E-state index >= 15 is 0 Å². The quantitative estimate of drug-likeness (QED) is 0.753. The van der Waals surface area contributed by atoms with Crippen molar-refractivity contribution in [1.29, 1.82) is 0 Å². The fraction of sp³-hybridized carbons (Fsp3) is 0.278. The van der Waals surface area contributed by atoms with Gasteiger partial charge in [-0.25, -0.2) is 12.8 Å². The highest BCUT2D eigenvalue weighted by Crippen LogP contribution is 2.23. The molecule has 0 N–H and O–H groups in total. The normalized spacial score (nSPS) is 18.9. The number of nitrogens with zero attached hydrogens (tertiary/aromatic N) is 1. The van der Waals surface area contributed by atoms with E-state index in [0.717, 1.165) is 10.0 Å². The van der Waals surface area contributed by atoms with E-state index in [4.69, 9.17) is 0 Å². The maximum Gasteiger partial charge on any atom is 0.254 e. The van der Waals surface area contributed by atoms with Gasteiger partial charge in [-0.05, 0) is 48.4 Å². The Morgan fingerprint density at radius 1 is 1.12 bits per heavy atom. The molecule has 1 atom stereocenters. The summed E-state index contributed by atoms with van der Waals surface area (Å²) in [7, 11) is -3.12. The van der Waals surface area contributed by atoms with Crippen LogP contribution < -0.4 is 0 Å². The molecular formula is C18H17BrFNO3S. The van der Waals surface area contributed by atoms with Gasteiger partial charge in [-0.1, -0.05) is 28.1 Å². The maximum absolute atomic E-state index is 13.1. The Morgan fingerprint density at radius 2 is 1.76 bits per heavy atom. The van der Waals surface area contributed by atoms with Crippen molar-refractivity contribution in [2.75, 3.05) is 11.5 Å². The van der Waals surface area contributed by atoms with E-state index in [9.17, 15) is 17.6 Å². The maximum atomic E-state index is 13.1. The molecule has 3 rings (SSSR count). The van der Waals surface area contributed by atoms with Crippen LogP contribution in [0.4, 0.5) is 4.39 Å². The van der Waals surface area contributed by atoms with Crippen molar-refractivity contribution < 1.29 is 17.6 Å². The van der Waals surface area contributed by atoms with E-state index in [1.54, 1.807) is 41.3 Å². The van der Waals surface area contributed by atoms with Crippen molar-refractivity contribution >= 4 is 31.7 Å². The van der Waals surface area contributed by atoms with Crippen LogP contribution >= 0.6 is 15.9 Å². The zero-order valence-electron chi connectivity index (χ0n) is 13.4. The molecule has 1 saturated heterocycles. The second-order valence-electron chi connectivity index (χ2n) is 6.12. The number of hydrogen-bond acceptors (Lipinski definition) is 3. The highest BCUT2D eigenvalue weighted by molar-refractivity contribution is 9.10. The number of amides is 1. The second kappa shape index (κ2) is 7.25. The first-order valence-corrected chi connectivity index (χ1v) is 10.5. The summed E-state index contributed by atoms with van der Waals surface area (Å²) in [4.78, 5) is 14.6. The Morgan fingerprint density at radius 3 is 2.32 bits per heavy atom. The Hall–Kier alpha value is -1.73. The third-order valence-electron chi connectivity index (χ3n) is 4.27. The molecule has 1 aliphatic heterocycles. The number of sulfone groups is 1. The molecule has 4 nitrogen and oxygen atoms in total. The van der Waals surface area contributed by atoms with Crippen molar-refractivity contribution in [3.63, 3.8) is 0 Å². The van der Waals surface area contributed by atoms with Gasteiger partial charge in [-0.2, -0.15) is 0 Å². The first-order valence-electron chi connectivity index (χ1n) is 7.85. The van der Waals surface area contributed by atoms with E-state index in [1.165, 1.54) is 12.1 Å². The van der Waals surface area contributed by atoms with Crippen LogP contribution in [0.1, 0.15) is 22.3 Å². The lowest BCUT2D eigenvalue weighted by Gasteiger charge is -2.28. The monoisotopic (exact) mass is 425 g/mol. The van der Waals surface area contributed by atoms with Gasteiger partial charge in [0.15, 0.2) is 9.84 Å². The average molecular weight is 426 g/mol. The topological polar surface area (TPSA) is 54.5 Å². The van der Waals surface area contributed by atoms with Gasteiger partial charge in [-0.15, -0.1) is 0 Å². The first-order chi connectivity index (χ1) is 11.8. The van der Waals surface area contributed by atoms with Gasteiger partial charge in [-0.3, -0.25) is 4.79 Å². The Balaban J connectivity index is 1.89. The molecule has 0 aliphatic carbocycles. The highest BCUT2D eigenvalue weighted by Gasteiger charge is 2.35. The number of benzene rings is 2. The van der Waals surface area contributed by atoms with Crippen LogP contribution in [0.3, 0.4) is 0 Å². The lowest BCUT2D eigenvalue weighted by molar-refractivity contribution is 0.0681. The molecule has 0 radical (unpaired) electrons. The average Bonchev–Trinajstić information content (AvgIpc) is 2.94. The lowest BCUT2D eigenvalue weighted by atomic mass is 10.1. The van der Waals surface area contributed by atoms with E-state index in [2.05, 4.69) is 15.9 Å². The summed E-state index contributed by atoms with van der Waals surface area (Å²) < 4.78 is 37.7. The third kappa shape index (κ3) is 4.46. The highest BCUT2D eigenvalue weighted by atomic mass is 79.9. The van der Waals surface area contributed by atoms with Gasteiger partial charge in [0.05, 0.1) is 11.5 Å². The number of halogens is 2. The lowest BCUT2D eigenvalue weighted by Crippen LogP contribution is -2.40. The molecule has 1 fully saturated rings. The minimum Gasteiger partial charge on any atom is -0.330 e. The number of carbonyl (C=O) groups is 1. The van der Waals surface area contributed by atoms with Crippen LogP contribution in [0.25, 0.3) is 0 Å². The van der Waals surface area contributed by atoms with E-state index in [1.807, 2.05) is 0 Å². The molecule has 132 valence electrons. The molecule has 0 bridgehead atoms. The van der Waals surface area contributed by atoms with Gasteiger partial charge in [0.2, 0.25) is 0 Å². The minimum absolute atomic E-state index is 0.0313. The van der Waals surface area contributed by atoms with E-state index in [0.29, 0.717) is 12.0 Å². The van der Waals surface area contributed by atoms with Gasteiger partial charge < -0.3 is 4.90 Å². The molecule has 0 unspecified atom stereocenters. The zero-order chi connectivity index (χ0) is 18.0. The van der Waals surface area contributed by atoms with Gasteiger partial charge >= 0.3 is 0 Å². The molecule has 0 spiro atoms. The van der Waals surface area contributed by atoms with Crippen LogP contribution in [0, 0.1) is 5.82 Å². The molecule has 1 aliphatic rings. The standard InChI is InChI=1S/C18H17BrFNO3S/c19-15-5-3-14(4-6-15)18(22)21(17-9-10-25(23,24)12-17)11-13-1-7-16(20)8-2-13/h1-8,17H,9-12H2/t17-/m0/s1. The van der Waals surface area contributed by atoms with Crippen molar-refractivity contribution in [3.8, 4) is 0 Å². The van der Waals surface area contributed by atoms with E-state index < -0.39 is 9.84 Å². The SMILES string of the molecule is O=C(c1ccc(Br)cc1)N(Cc1ccc(F)cc1)[C@H]1CCS(=O)(=O)C1. The first kappa shape index (κ1) is 18.1. The number of hydrogen-bond donors (Lipinski definition) is 0. The summed E-state index contributed by atoms with van der Waals surface area (Å²) in [6, 6.07) is 12.5. The van der Waals surface area contributed by atoms with Gasteiger partial charge in [0.1, 0.15) is 5.82 Å². The van der Waals surface area contributed by atoms with Gasteiger partial charge in [0.25, 0.3) is 5.91 Å². The van der Waals surface area contributed by atoms with Crippen LogP contribution in [0.15, 0.2) is 53.0 Å². The Kier molecular flexibility index (Phi) is 5.24. The summed E-state index contributed by atoms with van der Waals surface area (Å²) in [5.41, 5.74) is 1.26.